The highest BCUT2D eigenvalue weighted by Crippen LogP contribution is 2.26. The second kappa shape index (κ2) is 8.40. The summed E-state index contributed by atoms with van der Waals surface area (Å²) in [5.41, 5.74) is 5.27. The third-order valence-corrected chi connectivity index (χ3v) is 4.45. The van der Waals surface area contributed by atoms with Gasteiger partial charge in [0.15, 0.2) is 0 Å². The minimum absolute atomic E-state index is 0.199. The van der Waals surface area contributed by atoms with Crippen LogP contribution in [0.2, 0.25) is 10.0 Å². The molecule has 1 unspecified atom stereocenters. The van der Waals surface area contributed by atoms with Crippen LogP contribution in [0.5, 0.6) is 0 Å². The van der Waals surface area contributed by atoms with Gasteiger partial charge in [-0.25, -0.2) is 0 Å². The van der Waals surface area contributed by atoms with Gasteiger partial charge in [0.25, 0.3) is 0 Å². The summed E-state index contributed by atoms with van der Waals surface area (Å²) in [7, 11) is 0. The number of benzene rings is 2. The molecule has 0 fully saturated rings. The van der Waals surface area contributed by atoms with Crippen LogP contribution in [0.25, 0.3) is 0 Å². The van der Waals surface area contributed by atoms with Crippen LogP contribution in [-0.2, 0) is 12.8 Å². The number of aryl methyl sites for hydroxylation is 1. The quantitative estimate of drug-likeness (QED) is 0.586. The maximum absolute atomic E-state index is 6.22. The van der Waals surface area contributed by atoms with E-state index < -0.39 is 0 Å². The number of nitrogens with one attached hydrogen (secondary N) is 1. The topological polar surface area (TPSA) is 38.0 Å². The summed E-state index contributed by atoms with van der Waals surface area (Å²) >= 11 is 12.3. The lowest BCUT2D eigenvalue weighted by Gasteiger charge is -2.17. The third-order valence-electron chi connectivity index (χ3n) is 3.59. The molecule has 0 aliphatic rings. The molecule has 0 aromatic heterocycles. The average molecular weight is 323 g/mol. The molecule has 2 aromatic rings. The van der Waals surface area contributed by atoms with E-state index in [1.165, 1.54) is 5.56 Å². The molecular weight excluding hydrogens is 303 g/mol. The van der Waals surface area contributed by atoms with Gasteiger partial charge in [-0.1, -0.05) is 65.7 Å². The Bertz CT molecular complexity index is 558. The lowest BCUT2D eigenvalue weighted by Crippen LogP contribution is -2.36. The van der Waals surface area contributed by atoms with Gasteiger partial charge < -0.3 is 0 Å². The number of nitrogens with two attached hydrogens (primary N) is 1. The standard InChI is InChI=1S/C17H20Cl2N2/c18-16-11-5-9-14(17(16)19)12-15(21-20)10-4-8-13-6-2-1-3-7-13/h1-3,5-7,9,11,15,21H,4,8,10,12,20H2. The summed E-state index contributed by atoms with van der Waals surface area (Å²) < 4.78 is 0. The second-order valence-electron chi connectivity index (χ2n) is 5.16. The van der Waals surface area contributed by atoms with Gasteiger partial charge in [0.2, 0.25) is 0 Å². The van der Waals surface area contributed by atoms with E-state index in [4.69, 9.17) is 29.0 Å². The molecule has 1 atom stereocenters. The monoisotopic (exact) mass is 322 g/mol. The first-order valence-electron chi connectivity index (χ1n) is 7.13. The molecule has 0 heterocycles. The van der Waals surface area contributed by atoms with Gasteiger partial charge in [-0.3, -0.25) is 11.3 Å². The van der Waals surface area contributed by atoms with Gasteiger partial charge in [-0.15, -0.1) is 0 Å². The van der Waals surface area contributed by atoms with Gasteiger partial charge in [-0.05, 0) is 42.9 Å². The fraction of sp³-hybridized carbons (Fsp3) is 0.294. The molecule has 3 N–H and O–H groups in total. The Morgan fingerprint density at radius 3 is 2.48 bits per heavy atom. The van der Waals surface area contributed by atoms with Crippen molar-refractivity contribution in [3.63, 3.8) is 0 Å². The lowest BCUT2D eigenvalue weighted by atomic mass is 9.99. The molecule has 4 heteroatoms. The van der Waals surface area contributed by atoms with E-state index in [-0.39, 0.29) is 6.04 Å². The fourth-order valence-corrected chi connectivity index (χ4v) is 2.81. The summed E-state index contributed by atoms with van der Waals surface area (Å²) in [4.78, 5) is 0. The zero-order chi connectivity index (χ0) is 15.1. The van der Waals surface area contributed by atoms with Crippen molar-refractivity contribution in [2.75, 3.05) is 0 Å². The summed E-state index contributed by atoms with van der Waals surface area (Å²) in [5.74, 6) is 5.66. The van der Waals surface area contributed by atoms with Gasteiger partial charge in [0, 0.05) is 6.04 Å². The van der Waals surface area contributed by atoms with E-state index in [2.05, 4.69) is 29.7 Å². The van der Waals surface area contributed by atoms with Crippen molar-refractivity contribution in [3.05, 3.63) is 69.7 Å². The molecule has 0 saturated carbocycles. The van der Waals surface area contributed by atoms with Crippen molar-refractivity contribution in [2.45, 2.75) is 31.7 Å². The maximum atomic E-state index is 6.22. The van der Waals surface area contributed by atoms with Crippen LogP contribution >= 0.6 is 23.2 Å². The molecule has 0 radical (unpaired) electrons. The number of hydrazine groups is 1. The van der Waals surface area contributed by atoms with Crippen LogP contribution in [0.1, 0.15) is 24.0 Å². The number of halogens is 2. The van der Waals surface area contributed by atoms with E-state index in [0.717, 1.165) is 31.2 Å². The number of hydrogen-bond donors (Lipinski definition) is 2. The highest BCUT2D eigenvalue weighted by molar-refractivity contribution is 6.42. The van der Waals surface area contributed by atoms with E-state index in [0.29, 0.717) is 10.0 Å². The van der Waals surface area contributed by atoms with Gasteiger partial charge in [-0.2, -0.15) is 0 Å². The molecule has 2 aromatic carbocycles. The Morgan fingerprint density at radius 2 is 1.76 bits per heavy atom. The van der Waals surface area contributed by atoms with Crippen LogP contribution in [0.3, 0.4) is 0 Å². The smallest absolute Gasteiger partial charge is 0.0624 e. The molecule has 112 valence electrons. The molecule has 0 bridgehead atoms. The van der Waals surface area contributed by atoms with Crippen LogP contribution in [0.15, 0.2) is 48.5 Å². The summed E-state index contributed by atoms with van der Waals surface area (Å²) in [6.07, 6.45) is 3.91. The Labute approximate surface area is 136 Å². The number of rotatable bonds is 7. The van der Waals surface area contributed by atoms with Crippen LogP contribution in [-0.4, -0.2) is 6.04 Å². The zero-order valence-corrected chi connectivity index (χ0v) is 13.4. The van der Waals surface area contributed by atoms with Crippen LogP contribution < -0.4 is 11.3 Å². The largest absolute Gasteiger partial charge is 0.271 e. The van der Waals surface area contributed by atoms with Gasteiger partial charge >= 0.3 is 0 Å². The third kappa shape index (κ3) is 5.01. The van der Waals surface area contributed by atoms with Crippen LogP contribution in [0.4, 0.5) is 0 Å². The highest BCUT2D eigenvalue weighted by Gasteiger charge is 2.11. The molecule has 0 spiro atoms. The molecule has 0 aliphatic heterocycles. The molecule has 0 amide bonds. The molecule has 2 nitrogen and oxygen atoms in total. The molecule has 0 aliphatic carbocycles. The van der Waals surface area contributed by atoms with Gasteiger partial charge in [0.05, 0.1) is 10.0 Å². The van der Waals surface area contributed by atoms with Crippen molar-refractivity contribution in [1.29, 1.82) is 0 Å². The number of hydrogen-bond acceptors (Lipinski definition) is 2. The van der Waals surface area contributed by atoms with E-state index >= 15 is 0 Å². The van der Waals surface area contributed by atoms with Crippen LogP contribution in [0, 0.1) is 0 Å². The minimum Gasteiger partial charge on any atom is -0.271 e. The first kappa shape index (κ1) is 16.3. The Hall–Kier alpha value is -1.06. The van der Waals surface area contributed by atoms with Crippen molar-refractivity contribution in [1.82, 2.24) is 5.43 Å². The zero-order valence-electron chi connectivity index (χ0n) is 11.9. The summed E-state index contributed by atoms with van der Waals surface area (Å²) in [6.45, 7) is 0. The van der Waals surface area contributed by atoms with Gasteiger partial charge in [0.1, 0.15) is 0 Å². The van der Waals surface area contributed by atoms with E-state index in [1.54, 1.807) is 6.07 Å². The van der Waals surface area contributed by atoms with E-state index in [9.17, 15) is 0 Å². The van der Waals surface area contributed by atoms with Crippen molar-refractivity contribution >= 4 is 23.2 Å². The maximum Gasteiger partial charge on any atom is 0.0624 e. The van der Waals surface area contributed by atoms with Crippen molar-refractivity contribution in [2.24, 2.45) is 5.84 Å². The molecule has 2 rings (SSSR count). The predicted molar refractivity (Wildman–Crippen MR) is 90.7 cm³/mol. The molecule has 0 saturated heterocycles. The summed E-state index contributed by atoms with van der Waals surface area (Å²) in [6, 6.07) is 16.4. The van der Waals surface area contributed by atoms with E-state index in [1.807, 2.05) is 18.2 Å². The lowest BCUT2D eigenvalue weighted by molar-refractivity contribution is 0.476. The SMILES string of the molecule is NNC(CCCc1ccccc1)Cc1cccc(Cl)c1Cl. The normalized spacial score (nSPS) is 12.3. The van der Waals surface area contributed by atoms with Crippen molar-refractivity contribution in [3.8, 4) is 0 Å². The average Bonchev–Trinajstić information content (AvgIpc) is 2.51. The predicted octanol–water partition coefficient (Wildman–Crippen LogP) is 4.39. The van der Waals surface area contributed by atoms with Crippen molar-refractivity contribution < 1.29 is 0 Å². The minimum atomic E-state index is 0.199. The highest BCUT2D eigenvalue weighted by atomic mass is 35.5. The fourth-order valence-electron chi connectivity index (χ4n) is 2.41. The molecule has 21 heavy (non-hydrogen) atoms. The Kier molecular flexibility index (Phi) is 6.52. The Balaban J connectivity index is 1.87. The first-order valence-corrected chi connectivity index (χ1v) is 7.89. The first-order chi connectivity index (χ1) is 10.2. The summed E-state index contributed by atoms with van der Waals surface area (Å²) in [5, 5.41) is 1.22. The molecular formula is C17H20Cl2N2. The Morgan fingerprint density at radius 1 is 1.00 bits per heavy atom. The second-order valence-corrected chi connectivity index (χ2v) is 5.94.